The number of nitrogens with one attached hydrogen (secondary N) is 2. The molecule has 4 aromatic rings. The quantitative estimate of drug-likeness (QED) is 0.170. The number of H-pyrrole nitrogens is 1. The number of aromatic amines is 1. The Kier molecular flexibility index (Phi) is 10.1. The molecule has 5 rings (SSSR count). The number of carbonyl (C=O) groups is 2. The molecule has 4 N–H and O–H groups in total. The number of alkyl halides is 3. The van der Waals surface area contributed by atoms with Crippen molar-refractivity contribution in [3.8, 4) is 5.75 Å². The van der Waals surface area contributed by atoms with Crippen molar-refractivity contribution in [1.82, 2.24) is 15.2 Å². The third-order valence-corrected chi connectivity index (χ3v) is 8.53. The molecular weight excluding hydrogens is 702 g/mol. The van der Waals surface area contributed by atoms with Gasteiger partial charge < -0.3 is 30.2 Å². The second kappa shape index (κ2) is 14.0. The lowest BCUT2D eigenvalue weighted by Gasteiger charge is -2.40. The molecular formula is C33H31F3IN3O5. The van der Waals surface area contributed by atoms with Gasteiger partial charge in [-0.25, -0.2) is 0 Å². The lowest BCUT2D eigenvalue weighted by Crippen LogP contribution is -2.55. The second-order valence-corrected chi connectivity index (χ2v) is 11.8. The highest BCUT2D eigenvalue weighted by Crippen LogP contribution is 2.32. The summed E-state index contributed by atoms with van der Waals surface area (Å²) in [5.41, 5.74) is 1.07. The number of amides is 2. The molecule has 0 spiro atoms. The Morgan fingerprint density at radius 1 is 1.04 bits per heavy atom. The highest BCUT2D eigenvalue weighted by Gasteiger charge is 2.41. The Hall–Kier alpha value is -3.88. The molecule has 0 aliphatic heterocycles. The van der Waals surface area contributed by atoms with Gasteiger partial charge in [-0.05, 0) is 82.6 Å². The molecule has 236 valence electrons. The summed E-state index contributed by atoms with van der Waals surface area (Å²) in [6.07, 6.45) is -5.11. The summed E-state index contributed by atoms with van der Waals surface area (Å²) < 4.78 is 46.7. The average molecular weight is 734 g/mol. The molecule has 8 nitrogen and oxygen atoms in total. The Morgan fingerprint density at radius 2 is 1.76 bits per heavy atom. The third-order valence-electron chi connectivity index (χ3n) is 7.64. The summed E-state index contributed by atoms with van der Waals surface area (Å²) in [6.45, 7) is -0.203. The van der Waals surface area contributed by atoms with Gasteiger partial charge in [-0.2, -0.15) is 13.2 Å². The first-order valence-electron chi connectivity index (χ1n) is 14.3. The van der Waals surface area contributed by atoms with Gasteiger partial charge in [0.25, 0.3) is 5.91 Å². The SMILES string of the molecule is O=C(NCCO)C1=CC(Oc2ccccc2I)C(O)C(N(CCc2cc3ccccc3[nH]2)C(=O)c2ccc(C(F)(F)F)cc2)C1. The van der Waals surface area contributed by atoms with Crippen molar-refractivity contribution >= 4 is 45.3 Å². The first-order valence-corrected chi connectivity index (χ1v) is 15.4. The second-order valence-electron chi connectivity index (χ2n) is 10.7. The van der Waals surface area contributed by atoms with Crippen LogP contribution in [0.2, 0.25) is 0 Å². The molecule has 1 aliphatic carbocycles. The number of aromatic nitrogens is 1. The number of halogens is 4. The van der Waals surface area contributed by atoms with Gasteiger partial charge in [-0.15, -0.1) is 0 Å². The molecule has 3 unspecified atom stereocenters. The van der Waals surface area contributed by atoms with Crippen LogP contribution >= 0.6 is 22.6 Å². The van der Waals surface area contributed by atoms with E-state index in [0.717, 1.165) is 44.4 Å². The molecule has 0 saturated heterocycles. The molecule has 45 heavy (non-hydrogen) atoms. The maximum atomic E-state index is 14.0. The van der Waals surface area contributed by atoms with E-state index in [2.05, 4.69) is 32.9 Å². The molecule has 3 atom stereocenters. The summed E-state index contributed by atoms with van der Waals surface area (Å²) in [7, 11) is 0. The monoisotopic (exact) mass is 733 g/mol. The number of hydrogen-bond acceptors (Lipinski definition) is 5. The van der Waals surface area contributed by atoms with E-state index in [1.807, 2.05) is 42.5 Å². The van der Waals surface area contributed by atoms with Crippen LogP contribution in [0.25, 0.3) is 10.9 Å². The topological polar surface area (TPSA) is 115 Å². The van der Waals surface area contributed by atoms with Gasteiger partial charge in [0.2, 0.25) is 5.91 Å². The highest BCUT2D eigenvalue weighted by atomic mass is 127. The van der Waals surface area contributed by atoms with Crippen molar-refractivity contribution in [1.29, 1.82) is 0 Å². The number of para-hydroxylation sites is 2. The molecule has 1 heterocycles. The van der Waals surface area contributed by atoms with E-state index >= 15 is 0 Å². The van der Waals surface area contributed by atoms with Crippen LogP contribution in [-0.4, -0.2) is 69.9 Å². The van der Waals surface area contributed by atoms with Crippen LogP contribution in [0, 0.1) is 3.57 Å². The van der Waals surface area contributed by atoms with Crippen molar-refractivity contribution < 1.29 is 37.7 Å². The Balaban J connectivity index is 1.50. The van der Waals surface area contributed by atoms with Gasteiger partial charge in [-0.1, -0.05) is 30.3 Å². The summed E-state index contributed by atoms with van der Waals surface area (Å²) >= 11 is 2.09. The third kappa shape index (κ3) is 7.68. The van der Waals surface area contributed by atoms with Crippen LogP contribution in [0.1, 0.15) is 28.0 Å². The number of aliphatic hydroxyl groups is 2. The Bertz CT molecular complexity index is 1660. The molecule has 3 aromatic carbocycles. The Morgan fingerprint density at radius 3 is 2.44 bits per heavy atom. The van der Waals surface area contributed by atoms with Crippen LogP contribution < -0.4 is 10.1 Å². The normalized spacial score (nSPS) is 18.4. The largest absolute Gasteiger partial charge is 0.482 e. The number of ether oxygens (including phenoxy) is 1. The zero-order valence-electron chi connectivity index (χ0n) is 23.9. The van der Waals surface area contributed by atoms with Gasteiger partial charge >= 0.3 is 6.18 Å². The fourth-order valence-corrected chi connectivity index (χ4v) is 5.88. The first-order chi connectivity index (χ1) is 21.5. The van der Waals surface area contributed by atoms with Crippen molar-refractivity contribution in [3.63, 3.8) is 0 Å². The van der Waals surface area contributed by atoms with Crippen molar-refractivity contribution in [2.24, 2.45) is 0 Å². The minimum absolute atomic E-state index is 0.0000829. The first kappa shape index (κ1) is 32.5. The molecule has 1 aliphatic rings. The van der Waals surface area contributed by atoms with E-state index in [4.69, 9.17) is 4.74 Å². The number of nitrogens with zero attached hydrogens (tertiary/aromatic N) is 1. The van der Waals surface area contributed by atoms with Crippen molar-refractivity contribution in [2.45, 2.75) is 37.3 Å². The van der Waals surface area contributed by atoms with Crippen molar-refractivity contribution in [3.05, 3.63) is 111 Å². The highest BCUT2D eigenvalue weighted by molar-refractivity contribution is 14.1. The molecule has 12 heteroatoms. The maximum absolute atomic E-state index is 14.0. The fraction of sp³-hybridized carbons (Fsp3) is 0.273. The van der Waals surface area contributed by atoms with Gasteiger partial charge in [0.05, 0.1) is 21.8 Å². The summed E-state index contributed by atoms with van der Waals surface area (Å²) in [4.78, 5) is 31.9. The van der Waals surface area contributed by atoms with Gasteiger partial charge in [0, 0.05) is 48.3 Å². The van der Waals surface area contributed by atoms with Crippen molar-refractivity contribution in [2.75, 3.05) is 19.7 Å². The van der Waals surface area contributed by atoms with E-state index in [1.165, 1.54) is 11.0 Å². The van der Waals surface area contributed by atoms with E-state index in [0.29, 0.717) is 12.2 Å². The maximum Gasteiger partial charge on any atom is 0.416 e. The fourth-order valence-electron chi connectivity index (χ4n) is 5.36. The molecule has 0 bridgehead atoms. The average Bonchev–Trinajstić information content (AvgIpc) is 3.45. The number of benzene rings is 3. The van der Waals surface area contributed by atoms with Gasteiger partial charge in [0.1, 0.15) is 18.0 Å². The molecule has 0 saturated carbocycles. The van der Waals surface area contributed by atoms with Crippen LogP contribution in [0.3, 0.4) is 0 Å². The number of aliphatic hydroxyl groups excluding tert-OH is 2. The minimum atomic E-state index is -4.57. The zero-order chi connectivity index (χ0) is 32.1. The zero-order valence-corrected chi connectivity index (χ0v) is 26.1. The molecule has 0 radical (unpaired) electrons. The number of rotatable bonds is 10. The number of carbonyl (C=O) groups excluding carboxylic acids is 2. The summed E-state index contributed by atoms with van der Waals surface area (Å²) in [6, 6.07) is 19.7. The summed E-state index contributed by atoms with van der Waals surface area (Å²) in [5, 5.41) is 24.5. The smallest absolute Gasteiger partial charge is 0.416 e. The minimum Gasteiger partial charge on any atom is -0.482 e. The number of hydrogen-bond donors (Lipinski definition) is 4. The predicted octanol–water partition coefficient (Wildman–Crippen LogP) is 5.09. The van der Waals surface area contributed by atoms with Crippen LogP contribution in [0.5, 0.6) is 5.75 Å². The summed E-state index contributed by atoms with van der Waals surface area (Å²) in [5.74, 6) is -0.628. The van der Waals surface area contributed by atoms with Crippen LogP contribution in [-0.2, 0) is 17.4 Å². The molecule has 0 fully saturated rings. The lowest BCUT2D eigenvalue weighted by molar-refractivity contribution is -0.137. The van der Waals surface area contributed by atoms with E-state index in [1.54, 1.807) is 12.1 Å². The van der Waals surface area contributed by atoms with Crippen LogP contribution in [0.15, 0.2) is 90.5 Å². The molecule has 2 amide bonds. The van der Waals surface area contributed by atoms with E-state index in [9.17, 15) is 33.0 Å². The van der Waals surface area contributed by atoms with E-state index in [-0.39, 0.29) is 37.3 Å². The van der Waals surface area contributed by atoms with E-state index < -0.39 is 41.8 Å². The predicted molar refractivity (Wildman–Crippen MR) is 171 cm³/mol. The lowest BCUT2D eigenvalue weighted by atomic mass is 9.87. The standard InChI is InChI=1S/C33H31F3IN3O5/c34-33(35,36)23-11-9-20(10-12-23)32(44)40(15-13-24-17-21-5-1-3-7-26(21)39-24)27-18-22(31(43)38-14-16-41)19-29(30(27)42)45-28-8-4-2-6-25(28)37/h1-12,17,19,27,29-30,39,41-42H,13-16,18H2,(H,38,43). The molecule has 1 aromatic heterocycles. The van der Waals surface area contributed by atoms with Gasteiger partial charge in [-0.3, -0.25) is 9.59 Å². The van der Waals surface area contributed by atoms with Gasteiger partial charge in [0.15, 0.2) is 0 Å². The Labute approximate surface area is 271 Å². The number of fused-ring (bicyclic) bond motifs is 1. The van der Waals surface area contributed by atoms with Crippen LogP contribution in [0.4, 0.5) is 13.2 Å².